The van der Waals surface area contributed by atoms with Crippen molar-refractivity contribution < 1.29 is 23.8 Å². The molecule has 3 N–H and O–H groups in total. The number of ether oxygens (including phenoxy) is 2. The van der Waals surface area contributed by atoms with Crippen LogP contribution in [0.5, 0.6) is 0 Å². The molecule has 0 bridgehead atoms. The van der Waals surface area contributed by atoms with Crippen molar-refractivity contribution in [3.8, 4) is 0 Å². The SMILES string of the molecule is CC(C)(C)[Si](C)(C)O[C@H]1C[C@H](n2cnc3c(N)ncnc32)O[C@]1(CO)COC(=O)c1ccccc1. The predicted octanol–water partition coefficient (Wildman–Crippen LogP) is 3.31. The summed E-state index contributed by atoms with van der Waals surface area (Å²) < 4.78 is 20.6. The number of fused-ring (bicyclic) bond motifs is 1. The fourth-order valence-corrected chi connectivity index (χ4v) is 5.26. The van der Waals surface area contributed by atoms with Crippen molar-refractivity contribution in [2.24, 2.45) is 0 Å². The number of benzene rings is 1. The highest BCUT2D eigenvalue weighted by Gasteiger charge is 2.54. The summed E-state index contributed by atoms with van der Waals surface area (Å²) in [6.07, 6.45) is 2.28. The third-order valence-electron chi connectivity index (χ3n) is 7.04. The van der Waals surface area contributed by atoms with Crippen molar-refractivity contribution in [1.29, 1.82) is 0 Å². The number of imidazole rings is 1. The van der Waals surface area contributed by atoms with E-state index in [-0.39, 0.29) is 17.5 Å². The fraction of sp³-hybridized carbons (Fsp3) is 0.500. The van der Waals surface area contributed by atoms with Crippen LogP contribution < -0.4 is 5.73 Å². The van der Waals surface area contributed by atoms with Gasteiger partial charge in [0.2, 0.25) is 0 Å². The van der Waals surface area contributed by atoms with Crippen LogP contribution in [0.1, 0.15) is 43.8 Å². The van der Waals surface area contributed by atoms with Crippen LogP contribution in [0.4, 0.5) is 5.82 Å². The largest absolute Gasteiger partial charge is 0.459 e. The predicted molar refractivity (Wildman–Crippen MR) is 133 cm³/mol. The van der Waals surface area contributed by atoms with Gasteiger partial charge in [0.05, 0.1) is 24.6 Å². The van der Waals surface area contributed by atoms with E-state index in [1.807, 2.05) is 6.07 Å². The number of anilines is 1. The smallest absolute Gasteiger partial charge is 0.338 e. The van der Waals surface area contributed by atoms with Gasteiger partial charge in [0.1, 0.15) is 24.7 Å². The zero-order valence-corrected chi connectivity index (χ0v) is 21.8. The highest BCUT2D eigenvalue weighted by molar-refractivity contribution is 6.74. The molecule has 188 valence electrons. The molecule has 3 aromatic rings. The number of hydrogen-bond donors (Lipinski definition) is 2. The molecular weight excluding hydrogens is 466 g/mol. The Labute approximate surface area is 205 Å². The topological polar surface area (TPSA) is 135 Å². The van der Waals surface area contributed by atoms with E-state index in [9.17, 15) is 9.90 Å². The first-order chi connectivity index (χ1) is 16.5. The van der Waals surface area contributed by atoms with Crippen molar-refractivity contribution in [3.05, 3.63) is 48.5 Å². The molecule has 1 saturated heterocycles. The van der Waals surface area contributed by atoms with Crippen LogP contribution in [0.3, 0.4) is 0 Å². The molecule has 0 amide bonds. The Morgan fingerprint density at radius 1 is 1.26 bits per heavy atom. The van der Waals surface area contributed by atoms with Crippen LogP contribution in [-0.4, -0.2) is 63.8 Å². The summed E-state index contributed by atoms with van der Waals surface area (Å²) in [5.74, 6) is -0.226. The van der Waals surface area contributed by atoms with Crippen LogP contribution in [0.25, 0.3) is 11.2 Å². The quantitative estimate of drug-likeness (QED) is 0.371. The van der Waals surface area contributed by atoms with Crippen LogP contribution in [0, 0.1) is 0 Å². The summed E-state index contributed by atoms with van der Waals surface area (Å²) in [6.45, 7) is 10.1. The maximum Gasteiger partial charge on any atom is 0.338 e. The molecule has 0 radical (unpaired) electrons. The zero-order chi connectivity index (χ0) is 25.4. The lowest BCUT2D eigenvalue weighted by atomic mass is 9.99. The number of hydrogen-bond acceptors (Lipinski definition) is 9. The zero-order valence-electron chi connectivity index (χ0n) is 20.8. The van der Waals surface area contributed by atoms with Crippen LogP contribution in [-0.2, 0) is 13.9 Å². The lowest BCUT2D eigenvalue weighted by Gasteiger charge is -2.42. The second-order valence-corrected chi connectivity index (χ2v) is 15.2. The minimum Gasteiger partial charge on any atom is -0.459 e. The number of esters is 1. The Balaban J connectivity index is 1.66. The van der Waals surface area contributed by atoms with Gasteiger partial charge in [0, 0.05) is 6.42 Å². The van der Waals surface area contributed by atoms with E-state index in [2.05, 4.69) is 48.8 Å². The summed E-state index contributed by atoms with van der Waals surface area (Å²) in [7, 11) is -2.27. The Hall–Kier alpha value is -2.86. The average molecular weight is 500 g/mol. The maximum atomic E-state index is 12.7. The number of nitrogens with two attached hydrogens (primary N) is 1. The van der Waals surface area contributed by atoms with Gasteiger partial charge in [-0.1, -0.05) is 39.0 Å². The van der Waals surface area contributed by atoms with Crippen LogP contribution in [0.15, 0.2) is 43.0 Å². The van der Waals surface area contributed by atoms with E-state index in [1.165, 1.54) is 6.33 Å². The van der Waals surface area contributed by atoms with E-state index >= 15 is 0 Å². The molecule has 35 heavy (non-hydrogen) atoms. The van der Waals surface area contributed by atoms with Crippen LogP contribution >= 0.6 is 0 Å². The lowest BCUT2D eigenvalue weighted by molar-refractivity contribution is -0.148. The van der Waals surface area contributed by atoms with Gasteiger partial charge < -0.3 is 24.7 Å². The minimum absolute atomic E-state index is 0.0730. The van der Waals surface area contributed by atoms with E-state index in [1.54, 1.807) is 35.2 Å². The third-order valence-corrected chi connectivity index (χ3v) is 11.5. The van der Waals surface area contributed by atoms with Gasteiger partial charge in [-0.25, -0.2) is 19.7 Å². The van der Waals surface area contributed by atoms with Gasteiger partial charge >= 0.3 is 5.97 Å². The molecule has 1 aliphatic rings. The minimum atomic E-state index is -2.27. The number of nitrogen functional groups attached to an aromatic ring is 1. The Morgan fingerprint density at radius 2 is 1.97 bits per heavy atom. The highest BCUT2D eigenvalue weighted by atomic mass is 28.4. The maximum absolute atomic E-state index is 12.7. The summed E-state index contributed by atoms with van der Waals surface area (Å²) in [5, 5.41) is 10.5. The molecule has 0 spiro atoms. The first-order valence-electron chi connectivity index (χ1n) is 11.6. The Bertz CT molecular complexity index is 1200. The number of rotatable bonds is 7. The van der Waals surface area contributed by atoms with Crippen molar-refractivity contribution in [2.45, 2.75) is 63.3 Å². The van der Waals surface area contributed by atoms with Gasteiger partial charge in [-0.15, -0.1) is 0 Å². The van der Waals surface area contributed by atoms with Crippen LogP contribution in [0.2, 0.25) is 18.1 Å². The third kappa shape index (κ3) is 4.81. The van der Waals surface area contributed by atoms with Gasteiger partial charge in [-0.2, -0.15) is 0 Å². The average Bonchev–Trinajstić information content (AvgIpc) is 3.40. The molecular formula is C24H33N5O5Si. The van der Waals surface area contributed by atoms with Gasteiger partial charge in [0.15, 0.2) is 25.4 Å². The molecule has 1 aliphatic heterocycles. The second kappa shape index (κ2) is 9.30. The first-order valence-corrected chi connectivity index (χ1v) is 14.5. The van der Waals surface area contributed by atoms with Gasteiger partial charge in [-0.05, 0) is 30.3 Å². The molecule has 0 aliphatic carbocycles. The summed E-state index contributed by atoms with van der Waals surface area (Å²) >= 11 is 0. The molecule has 2 aromatic heterocycles. The Morgan fingerprint density at radius 3 is 2.63 bits per heavy atom. The molecule has 1 aromatic carbocycles. The van der Waals surface area contributed by atoms with E-state index in [4.69, 9.17) is 19.6 Å². The number of carbonyl (C=O) groups is 1. The monoisotopic (exact) mass is 499 g/mol. The molecule has 4 rings (SSSR count). The molecule has 3 heterocycles. The fourth-order valence-electron chi connectivity index (χ4n) is 3.89. The molecule has 0 saturated carbocycles. The molecule has 11 heteroatoms. The second-order valence-electron chi connectivity index (χ2n) is 10.4. The standard InChI is InChI=1S/C24H33N5O5Si/c1-23(2,3)35(4,5)34-17-11-18(29-15-28-19-20(25)26-14-27-21(19)29)33-24(17,12-30)13-32-22(31)16-9-7-6-8-10-16/h6-10,14-15,17-18,30H,11-13H2,1-5H3,(H2,25,26,27)/t17-,18+,24+/m0/s1. The van der Waals surface area contributed by atoms with Gasteiger partial charge in [0.25, 0.3) is 0 Å². The van der Waals surface area contributed by atoms with Crippen molar-refractivity contribution in [3.63, 3.8) is 0 Å². The van der Waals surface area contributed by atoms with E-state index < -0.39 is 38.8 Å². The first kappa shape index (κ1) is 25.2. The lowest BCUT2D eigenvalue weighted by Crippen LogP contribution is -2.54. The summed E-state index contributed by atoms with van der Waals surface area (Å²) in [4.78, 5) is 25.4. The molecule has 10 nitrogen and oxygen atoms in total. The molecule has 3 atom stereocenters. The number of aliphatic hydroxyl groups excluding tert-OH is 1. The number of aromatic nitrogens is 4. The molecule has 0 unspecified atom stereocenters. The summed E-state index contributed by atoms with van der Waals surface area (Å²) in [6, 6.07) is 8.71. The summed E-state index contributed by atoms with van der Waals surface area (Å²) in [5.41, 5.74) is 6.10. The van der Waals surface area contributed by atoms with E-state index in [0.29, 0.717) is 23.1 Å². The normalized spacial score (nSPS) is 23.0. The highest BCUT2D eigenvalue weighted by Crippen LogP contribution is 2.45. The van der Waals surface area contributed by atoms with E-state index in [0.717, 1.165) is 0 Å². The van der Waals surface area contributed by atoms with Crippen molar-refractivity contribution in [2.75, 3.05) is 18.9 Å². The van der Waals surface area contributed by atoms with Gasteiger partial charge in [-0.3, -0.25) is 4.57 Å². The number of carbonyl (C=O) groups excluding carboxylic acids is 1. The van der Waals surface area contributed by atoms with Crippen molar-refractivity contribution in [1.82, 2.24) is 19.5 Å². The Kier molecular flexibility index (Phi) is 6.71. The van der Waals surface area contributed by atoms with Crippen molar-refractivity contribution >= 4 is 31.3 Å². The number of nitrogens with zero attached hydrogens (tertiary/aromatic N) is 4. The number of aliphatic hydroxyl groups is 1. The molecule has 1 fully saturated rings.